The highest BCUT2D eigenvalue weighted by Gasteiger charge is 2.82. The first-order valence-corrected chi connectivity index (χ1v) is 14.2. The molecule has 13 heteroatoms. The second-order valence-electron chi connectivity index (χ2n) is 12.7. The van der Waals surface area contributed by atoms with E-state index in [1.165, 1.54) is 20.8 Å². The van der Waals surface area contributed by atoms with E-state index in [0.29, 0.717) is 0 Å². The topological polar surface area (TPSA) is 178 Å². The highest BCUT2D eigenvalue weighted by Crippen LogP contribution is 2.67. The summed E-state index contributed by atoms with van der Waals surface area (Å²) in [4.78, 5) is 76.8. The Morgan fingerprint density at radius 2 is 1.33 bits per heavy atom. The van der Waals surface area contributed by atoms with Gasteiger partial charge in [-0.1, -0.05) is 20.4 Å². The van der Waals surface area contributed by atoms with Gasteiger partial charge in [-0.2, -0.15) is 0 Å². The van der Waals surface area contributed by atoms with Crippen LogP contribution >= 0.6 is 0 Å². The number of Topliss-reactive ketones (excluding diaryl/α,β-unsaturated/α-hetero) is 1. The fraction of sp³-hybridized carbons (Fsp3) is 0.733. The molecule has 0 aromatic heterocycles. The van der Waals surface area contributed by atoms with E-state index in [4.69, 9.17) is 28.4 Å². The Morgan fingerprint density at radius 3 is 1.84 bits per heavy atom. The third-order valence-electron chi connectivity index (χ3n) is 10.1. The molecule has 13 nitrogen and oxygen atoms in total. The molecular weight excluding hydrogens is 568 g/mol. The summed E-state index contributed by atoms with van der Waals surface area (Å²) in [5, 5.41) is 12.9. The van der Waals surface area contributed by atoms with Crippen molar-refractivity contribution in [3.63, 3.8) is 0 Å². The van der Waals surface area contributed by atoms with Crippen molar-refractivity contribution < 1.29 is 62.3 Å². The number of carbonyl (C=O) groups excluding carboxylic acids is 6. The summed E-state index contributed by atoms with van der Waals surface area (Å²) in [6.07, 6.45) is -7.23. The lowest BCUT2D eigenvalue weighted by atomic mass is 9.44. The number of ketones is 1. The van der Waals surface area contributed by atoms with E-state index in [1.54, 1.807) is 13.8 Å². The standard InChI is InChI=1S/C30H40O13/c1-13-20(39-14(2)31)11-22(40-15(3)32)28(8)23(13)24(41-16(4)33)19-10-21(36)29(9)30(37,27(19,7)12-38-29)26(43-18(6)35)25(28)42-17(5)34/h19-20,22-26,37H,1,10-12H2,2-9H3/t19-,20-,22-,23-,24+,25-,26-,27+,28+,29-,30-/m0/s1. The van der Waals surface area contributed by atoms with Crippen LogP contribution in [-0.2, 0) is 57.2 Å². The fourth-order valence-corrected chi connectivity index (χ4v) is 8.27. The monoisotopic (exact) mass is 608 g/mol. The predicted octanol–water partition coefficient (Wildman–Crippen LogP) is 1.36. The van der Waals surface area contributed by atoms with Crippen LogP contribution in [-0.4, -0.2) is 89.1 Å². The molecule has 3 saturated carbocycles. The average Bonchev–Trinajstić information content (AvgIpc) is 3.01. The minimum Gasteiger partial charge on any atom is -0.462 e. The van der Waals surface area contributed by atoms with Gasteiger partial charge < -0.3 is 33.5 Å². The van der Waals surface area contributed by atoms with Crippen molar-refractivity contribution in [1.29, 1.82) is 0 Å². The van der Waals surface area contributed by atoms with Crippen LogP contribution in [0.1, 0.15) is 68.2 Å². The molecule has 0 amide bonds. The Hall–Kier alpha value is -3.32. The highest BCUT2D eigenvalue weighted by molar-refractivity contribution is 5.91. The maximum absolute atomic E-state index is 13.9. The van der Waals surface area contributed by atoms with Gasteiger partial charge in [-0.05, 0) is 12.5 Å². The van der Waals surface area contributed by atoms with Gasteiger partial charge in [0.15, 0.2) is 23.6 Å². The molecule has 0 radical (unpaired) electrons. The maximum atomic E-state index is 13.9. The molecule has 0 aromatic carbocycles. The third-order valence-corrected chi connectivity index (χ3v) is 10.1. The fourth-order valence-electron chi connectivity index (χ4n) is 8.27. The van der Waals surface area contributed by atoms with Gasteiger partial charge in [0.2, 0.25) is 0 Å². The summed E-state index contributed by atoms with van der Waals surface area (Å²) in [6, 6.07) is 0. The molecule has 1 aliphatic heterocycles. The largest absolute Gasteiger partial charge is 0.462 e. The number of carbonyl (C=O) groups is 6. The molecule has 4 bridgehead atoms. The van der Waals surface area contributed by atoms with Gasteiger partial charge in [0.05, 0.1) is 12.0 Å². The van der Waals surface area contributed by atoms with Gasteiger partial charge in [0.1, 0.15) is 23.9 Å². The van der Waals surface area contributed by atoms with Crippen LogP contribution < -0.4 is 0 Å². The Labute approximate surface area is 249 Å². The zero-order chi connectivity index (χ0) is 32.4. The first kappa shape index (κ1) is 32.6. The average molecular weight is 609 g/mol. The van der Waals surface area contributed by atoms with Crippen molar-refractivity contribution >= 4 is 35.6 Å². The van der Waals surface area contributed by atoms with Crippen LogP contribution in [0.15, 0.2) is 12.2 Å². The van der Waals surface area contributed by atoms with E-state index in [0.717, 1.165) is 20.8 Å². The number of hydrogen-bond donors (Lipinski definition) is 1. The molecular formula is C30H40O13. The molecule has 3 aliphatic carbocycles. The summed E-state index contributed by atoms with van der Waals surface area (Å²) >= 11 is 0. The van der Waals surface area contributed by atoms with Crippen molar-refractivity contribution in [2.45, 2.75) is 110 Å². The normalized spacial score (nSPS) is 43.3. The minimum atomic E-state index is -2.33. The van der Waals surface area contributed by atoms with Gasteiger partial charge in [-0.3, -0.25) is 28.8 Å². The zero-order valence-electron chi connectivity index (χ0n) is 25.7. The molecule has 4 aliphatic rings. The van der Waals surface area contributed by atoms with E-state index >= 15 is 0 Å². The van der Waals surface area contributed by atoms with E-state index in [1.807, 2.05) is 0 Å². The van der Waals surface area contributed by atoms with Crippen LogP contribution in [0.4, 0.5) is 0 Å². The van der Waals surface area contributed by atoms with Crippen molar-refractivity contribution in [3.05, 3.63) is 12.2 Å². The summed E-state index contributed by atoms with van der Waals surface area (Å²) in [7, 11) is 0. The smallest absolute Gasteiger partial charge is 0.303 e. The minimum absolute atomic E-state index is 0.143. The second kappa shape index (κ2) is 10.7. The number of aliphatic hydroxyl groups is 1. The first-order valence-electron chi connectivity index (χ1n) is 14.2. The molecule has 43 heavy (non-hydrogen) atoms. The van der Waals surface area contributed by atoms with Crippen molar-refractivity contribution in [2.24, 2.45) is 22.7 Å². The molecule has 238 valence electrons. The highest BCUT2D eigenvalue weighted by atomic mass is 16.6. The van der Waals surface area contributed by atoms with E-state index < -0.39 is 100 Å². The molecule has 1 heterocycles. The van der Waals surface area contributed by atoms with Crippen LogP contribution in [0.3, 0.4) is 0 Å². The first-order chi connectivity index (χ1) is 19.7. The van der Waals surface area contributed by atoms with Crippen LogP contribution in [0.25, 0.3) is 0 Å². The summed E-state index contributed by atoms with van der Waals surface area (Å²) in [6.45, 7) is 14.4. The quantitative estimate of drug-likeness (QED) is 0.269. The van der Waals surface area contributed by atoms with Crippen LogP contribution in [0.2, 0.25) is 0 Å². The predicted molar refractivity (Wildman–Crippen MR) is 144 cm³/mol. The van der Waals surface area contributed by atoms with E-state index in [-0.39, 0.29) is 25.0 Å². The third kappa shape index (κ3) is 4.66. The molecule has 0 spiro atoms. The van der Waals surface area contributed by atoms with Crippen molar-refractivity contribution in [1.82, 2.24) is 0 Å². The van der Waals surface area contributed by atoms with Crippen molar-refractivity contribution in [3.8, 4) is 0 Å². The lowest BCUT2D eigenvalue weighted by Crippen LogP contribution is -2.80. The van der Waals surface area contributed by atoms with Gasteiger partial charge in [0.25, 0.3) is 0 Å². The molecule has 1 N–H and O–H groups in total. The molecule has 0 aromatic rings. The van der Waals surface area contributed by atoms with Gasteiger partial charge >= 0.3 is 29.8 Å². The molecule has 4 fully saturated rings. The van der Waals surface area contributed by atoms with E-state index in [9.17, 15) is 33.9 Å². The molecule has 0 unspecified atom stereocenters. The Bertz CT molecular complexity index is 1270. The second-order valence-corrected chi connectivity index (χ2v) is 12.7. The lowest BCUT2D eigenvalue weighted by Gasteiger charge is -2.64. The zero-order valence-corrected chi connectivity index (χ0v) is 25.7. The number of hydrogen-bond acceptors (Lipinski definition) is 13. The number of rotatable bonds is 5. The SMILES string of the molecule is C=C1[C@@H](OC(C)=O)C[C@H](OC(C)=O)[C@@]2(C)[C@@H](OC(C)=O)[C@H](OC(C)=O)[C@@]3(O)[C@@]4(C)OC[C@]3(C)[C@@H](CC4=O)[C@@H](OC(C)=O)[C@H]12. The molecule has 11 atom stereocenters. The Morgan fingerprint density at radius 1 is 0.814 bits per heavy atom. The lowest BCUT2D eigenvalue weighted by molar-refractivity contribution is -0.295. The van der Waals surface area contributed by atoms with Gasteiger partial charge in [-0.15, -0.1) is 0 Å². The van der Waals surface area contributed by atoms with Gasteiger partial charge in [0, 0.05) is 64.7 Å². The number of esters is 5. The van der Waals surface area contributed by atoms with E-state index in [2.05, 4.69) is 6.58 Å². The van der Waals surface area contributed by atoms with Gasteiger partial charge in [-0.25, -0.2) is 0 Å². The van der Waals surface area contributed by atoms with Crippen molar-refractivity contribution in [2.75, 3.05) is 6.61 Å². The summed E-state index contributed by atoms with van der Waals surface area (Å²) in [5.41, 5.74) is -7.08. The van der Waals surface area contributed by atoms with Crippen LogP contribution in [0, 0.1) is 22.7 Å². The number of fused-ring (bicyclic) bond motifs is 1. The summed E-state index contributed by atoms with van der Waals surface area (Å²) < 4.78 is 35.2. The molecule has 4 rings (SSSR count). The summed E-state index contributed by atoms with van der Waals surface area (Å²) in [5.74, 6) is -6.45. The number of ether oxygens (including phenoxy) is 6. The Kier molecular flexibility index (Phi) is 8.10. The Balaban J connectivity index is 2.15. The molecule has 1 saturated heterocycles. The maximum Gasteiger partial charge on any atom is 0.303 e. The van der Waals surface area contributed by atoms with Crippen LogP contribution in [0.5, 0.6) is 0 Å².